The van der Waals surface area contributed by atoms with E-state index >= 15 is 0 Å². The second-order valence-electron chi connectivity index (χ2n) is 7.05. The first-order valence-electron chi connectivity index (χ1n) is 7.65. The molecule has 3 aliphatic rings. The van der Waals surface area contributed by atoms with Gasteiger partial charge in [-0.05, 0) is 39.5 Å². The molecule has 0 aromatic rings. The standard InChI is InChI=1S/C15H28N2/c1-13-11-16-15(9-5-6-10-15)12-17(13)14(2)7-3-4-8-14/h13,16H,3-12H2,1-2H3. The minimum Gasteiger partial charge on any atom is -0.308 e. The molecular weight excluding hydrogens is 208 g/mol. The van der Waals surface area contributed by atoms with Gasteiger partial charge >= 0.3 is 0 Å². The van der Waals surface area contributed by atoms with Gasteiger partial charge in [0.2, 0.25) is 0 Å². The first-order chi connectivity index (χ1) is 8.14. The second-order valence-corrected chi connectivity index (χ2v) is 7.05. The van der Waals surface area contributed by atoms with Gasteiger partial charge in [-0.15, -0.1) is 0 Å². The largest absolute Gasteiger partial charge is 0.308 e. The summed E-state index contributed by atoms with van der Waals surface area (Å²) in [6.45, 7) is 7.45. The third-order valence-corrected chi connectivity index (χ3v) is 5.71. The fourth-order valence-electron chi connectivity index (χ4n) is 4.55. The molecule has 1 atom stereocenters. The minimum absolute atomic E-state index is 0.484. The predicted octanol–water partition coefficient (Wildman–Crippen LogP) is 2.93. The summed E-state index contributed by atoms with van der Waals surface area (Å²) in [6.07, 6.45) is 11.4. The number of hydrogen-bond acceptors (Lipinski definition) is 2. The molecule has 1 N–H and O–H groups in total. The highest BCUT2D eigenvalue weighted by Crippen LogP contribution is 2.41. The Morgan fingerprint density at radius 2 is 1.59 bits per heavy atom. The van der Waals surface area contributed by atoms with Crippen LogP contribution in [-0.4, -0.2) is 35.1 Å². The molecule has 2 saturated carbocycles. The van der Waals surface area contributed by atoms with Gasteiger partial charge in [0.1, 0.15) is 0 Å². The van der Waals surface area contributed by atoms with Gasteiger partial charge in [0.05, 0.1) is 0 Å². The molecule has 0 amide bonds. The Bertz CT molecular complexity index is 275. The van der Waals surface area contributed by atoms with E-state index < -0.39 is 0 Å². The Kier molecular flexibility index (Phi) is 2.99. The molecule has 0 bridgehead atoms. The van der Waals surface area contributed by atoms with E-state index in [0.29, 0.717) is 11.1 Å². The lowest BCUT2D eigenvalue weighted by molar-refractivity contribution is 0.00201. The number of nitrogens with one attached hydrogen (secondary N) is 1. The zero-order chi connectivity index (χ0) is 11.9. The van der Waals surface area contributed by atoms with Crippen LogP contribution in [0.3, 0.4) is 0 Å². The predicted molar refractivity (Wildman–Crippen MR) is 72.2 cm³/mol. The molecule has 3 rings (SSSR count). The topological polar surface area (TPSA) is 15.3 Å². The summed E-state index contributed by atoms with van der Waals surface area (Å²) in [6, 6.07) is 0.726. The van der Waals surface area contributed by atoms with Crippen LogP contribution < -0.4 is 5.32 Å². The SMILES string of the molecule is CC1CNC2(CCCC2)CN1C1(C)CCCC1. The summed E-state index contributed by atoms with van der Waals surface area (Å²) < 4.78 is 0. The van der Waals surface area contributed by atoms with Gasteiger partial charge in [0, 0.05) is 30.2 Å². The lowest BCUT2D eigenvalue weighted by Gasteiger charge is -2.52. The number of nitrogens with zero attached hydrogens (tertiary/aromatic N) is 1. The van der Waals surface area contributed by atoms with Crippen LogP contribution in [0.5, 0.6) is 0 Å². The highest BCUT2D eigenvalue weighted by atomic mass is 15.3. The van der Waals surface area contributed by atoms with Crippen molar-refractivity contribution < 1.29 is 0 Å². The molecule has 2 aliphatic carbocycles. The van der Waals surface area contributed by atoms with E-state index in [9.17, 15) is 0 Å². The average Bonchev–Trinajstić information content (AvgIpc) is 2.93. The van der Waals surface area contributed by atoms with E-state index in [1.807, 2.05) is 0 Å². The zero-order valence-electron chi connectivity index (χ0n) is 11.6. The quantitative estimate of drug-likeness (QED) is 0.753. The van der Waals surface area contributed by atoms with E-state index in [1.54, 1.807) is 0 Å². The van der Waals surface area contributed by atoms with Crippen molar-refractivity contribution in [2.45, 2.75) is 82.3 Å². The maximum atomic E-state index is 3.87. The molecule has 0 radical (unpaired) electrons. The van der Waals surface area contributed by atoms with Gasteiger partial charge in [-0.2, -0.15) is 0 Å². The van der Waals surface area contributed by atoms with Crippen LogP contribution in [0.2, 0.25) is 0 Å². The first kappa shape index (κ1) is 12.0. The lowest BCUT2D eigenvalue weighted by atomic mass is 9.87. The highest BCUT2D eigenvalue weighted by Gasteiger charge is 2.46. The maximum absolute atomic E-state index is 3.87. The Labute approximate surface area is 106 Å². The molecule has 1 spiro atoms. The Morgan fingerprint density at radius 3 is 2.24 bits per heavy atom. The molecule has 2 nitrogen and oxygen atoms in total. The first-order valence-corrected chi connectivity index (χ1v) is 7.65. The van der Waals surface area contributed by atoms with Crippen molar-refractivity contribution in [2.24, 2.45) is 0 Å². The van der Waals surface area contributed by atoms with Crippen molar-refractivity contribution in [3.05, 3.63) is 0 Å². The van der Waals surface area contributed by atoms with Crippen molar-refractivity contribution >= 4 is 0 Å². The third kappa shape index (κ3) is 2.04. The summed E-state index contributed by atoms with van der Waals surface area (Å²) in [7, 11) is 0. The van der Waals surface area contributed by atoms with Crippen LogP contribution in [0.25, 0.3) is 0 Å². The summed E-state index contributed by atoms with van der Waals surface area (Å²) >= 11 is 0. The minimum atomic E-state index is 0.484. The van der Waals surface area contributed by atoms with E-state index in [0.717, 1.165) is 6.04 Å². The average molecular weight is 236 g/mol. The van der Waals surface area contributed by atoms with Crippen LogP contribution >= 0.6 is 0 Å². The van der Waals surface area contributed by atoms with Crippen molar-refractivity contribution in [3.63, 3.8) is 0 Å². The number of hydrogen-bond donors (Lipinski definition) is 1. The molecule has 1 saturated heterocycles. The molecule has 17 heavy (non-hydrogen) atoms. The summed E-state index contributed by atoms with van der Waals surface area (Å²) in [5.41, 5.74) is 0.995. The molecule has 1 heterocycles. The molecule has 98 valence electrons. The van der Waals surface area contributed by atoms with E-state index in [1.165, 1.54) is 64.5 Å². The Hall–Kier alpha value is -0.0800. The molecule has 1 unspecified atom stereocenters. The number of rotatable bonds is 1. The van der Waals surface area contributed by atoms with E-state index in [4.69, 9.17) is 0 Å². The normalized spacial score (nSPS) is 36.7. The van der Waals surface area contributed by atoms with Crippen LogP contribution in [0.15, 0.2) is 0 Å². The van der Waals surface area contributed by atoms with Gasteiger partial charge in [-0.25, -0.2) is 0 Å². The smallest absolute Gasteiger partial charge is 0.0309 e. The van der Waals surface area contributed by atoms with Crippen molar-refractivity contribution in [2.75, 3.05) is 13.1 Å². The fraction of sp³-hybridized carbons (Fsp3) is 1.00. The molecule has 0 aromatic carbocycles. The van der Waals surface area contributed by atoms with Crippen molar-refractivity contribution in [1.82, 2.24) is 10.2 Å². The van der Waals surface area contributed by atoms with Gasteiger partial charge < -0.3 is 5.32 Å². The Balaban J connectivity index is 1.77. The zero-order valence-corrected chi connectivity index (χ0v) is 11.6. The molecule has 3 fully saturated rings. The lowest BCUT2D eigenvalue weighted by Crippen LogP contribution is -2.67. The van der Waals surface area contributed by atoms with Crippen LogP contribution in [0, 0.1) is 0 Å². The molecular formula is C15H28N2. The van der Waals surface area contributed by atoms with E-state index in [-0.39, 0.29) is 0 Å². The monoisotopic (exact) mass is 236 g/mol. The summed E-state index contributed by atoms with van der Waals surface area (Å²) in [5, 5.41) is 3.87. The van der Waals surface area contributed by atoms with Crippen LogP contribution in [0.1, 0.15) is 65.2 Å². The maximum Gasteiger partial charge on any atom is 0.0309 e. The fourth-order valence-corrected chi connectivity index (χ4v) is 4.55. The molecule has 1 aliphatic heterocycles. The van der Waals surface area contributed by atoms with Gasteiger partial charge in [0.15, 0.2) is 0 Å². The second kappa shape index (κ2) is 4.24. The van der Waals surface area contributed by atoms with Gasteiger partial charge in [-0.3, -0.25) is 4.90 Å². The third-order valence-electron chi connectivity index (χ3n) is 5.71. The number of piperazine rings is 1. The van der Waals surface area contributed by atoms with Crippen molar-refractivity contribution in [1.29, 1.82) is 0 Å². The van der Waals surface area contributed by atoms with Crippen LogP contribution in [-0.2, 0) is 0 Å². The molecule has 2 heteroatoms. The van der Waals surface area contributed by atoms with Gasteiger partial charge in [0.25, 0.3) is 0 Å². The van der Waals surface area contributed by atoms with Gasteiger partial charge in [-0.1, -0.05) is 25.7 Å². The highest BCUT2D eigenvalue weighted by molar-refractivity contribution is 5.05. The summed E-state index contributed by atoms with van der Waals surface area (Å²) in [5.74, 6) is 0. The summed E-state index contributed by atoms with van der Waals surface area (Å²) in [4.78, 5) is 2.86. The Morgan fingerprint density at radius 1 is 1.00 bits per heavy atom. The van der Waals surface area contributed by atoms with Crippen LogP contribution in [0.4, 0.5) is 0 Å². The van der Waals surface area contributed by atoms with Crippen molar-refractivity contribution in [3.8, 4) is 0 Å². The van der Waals surface area contributed by atoms with E-state index in [2.05, 4.69) is 24.1 Å². The molecule has 0 aromatic heterocycles.